The second-order valence-electron chi connectivity index (χ2n) is 5.98. The highest BCUT2D eigenvalue weighted by molar-refractivity contribution is 6.31. The minimum absolute atomic E-state index is 0.182. The SMILES string of the molecule is Cc1nn(C)c(C)c1[C@@H](C)C(=O)[C@H](C#N)c1ncc(C(F)(F)F)cc1Cl. The molecule has 0 saturated carbocycles. The molecule has 0 aromatic carbocycles. The van der Waals surface area contributed by atoms with E-state index in [0.29, 0.717) is 23.5 Å². The van der Waals surface area contributed by atoms with Gasteiger partial charge in [-0.3, -0.25) is 14.5 Å². The largest absolute Gasteiger partial charge is 0.417 e. The molecule has 9 heteroatoms. The molecule has 5 nitrogen and oxygen atoms in total. The number of carbonyl (C=O) groups excluding carboxylic acids is 1. The van der Waals surface area contributed by atoms with Gasteiger partial charge in [0.25, 0.3) is 0 Å². The molecule has 26 heavy (non-hydrogen) atoms. The van der Waals surface area contributed by atoms with Gasteiger partial charge in [0, 0.05) is 30.4 Å². The molecule has 2 aromatic heterocycles. The molecule has 0 aliphatic heterocycles. The van der Waals surface area contributed by atoms with Gasteiger partial charge in [-0.25, -0.2) is 0 Å². The maximum Gasteiger partial charge on any atom is 0.417 e. The van der Waals surface area contributed by atoms with Crippen molar-refractivity contribution < 1.29 is 18.0 Å². The van der Waals surface area contributed by atoms with Crippen LogP contribution in [0.25, 0.3) is 0 Å². The molecular formula is C17H16ClF3N4O. The lowest BCUT2D eigenvalue weighted by atomic mass is 9.86. The van der Waals surface area contributed by atoms with E-state index in [4.69, 9.17) is 11.6 Å². The number of nitriles is 1. The number of aromatic nitrogens is 3. The van der Waals surface area contributed by atoms with Gasteiger partial charge in [0.2, 0.25) is 0 Å². The predicted octanol–water partition coefficient (Wildman–Crippen LogP) is 4.08. The molecule has 2 atom stereocenters. The van der Waals surface area contributed by atoms with Crippen molar-refractivity contribution in [2.45, 2.75) is 38.8 Å². The standard InChI is InChI=1S/C17H16ClF3N4O/c1-8(14-9(2)24-25(4)10(14)3)16(26)12(6-22)15-13(18)5-11(7-23-15)17(19,20)21/h5,7-8,12H,1-4H3/t8-,12-/m1/s1. The Morgan fingerprint density at radius 2 is 2.00 bits per heavy atom. The first-order valence-electron chi connectivity index (χ1n) is 7.65. The number of aryl methyl sites for hydroxylation is 2. The van der Waals surface area contributed by atoms with E-state index in [0.717, 1.165) is 5.69 Å². The van der Waals surface area contributed by atoms with Gasteiger partial charge in [-0.1, -0.05) is 18.5 Å². The summed E-state index contributed by atoms with van der Waals surface area (Å²) in [5.74, 6) is -2.56. The molecule has 2 heterocycles. The van der Waals surface area contributed by atoms with Crippen molar-refractivity contribution in [1.82, 2.24) is 14.8 Å². The van der Waals surface area contributed by atoms with Crippen LogP contribution in [0.5, 0.6) is 0 Å². The molecule has 0 saturated heterocycles. The Morgan fingerprint density at radius 1 is 1.38 bits per heavy atom. The highest BCUT2D eigenvalue weighted by Gasteiger charge is 2.35. The zero-order valence-corrected chi connectivity index (χ0v) is 15.3. The third-order valence-electron chi connectivity index (χ3n) is 4.31. The van der Waals surface area contributed by atoms with Crippen LogP contribution in [0.4, 0.5) is 13.2 Å². The monoisotopic (exact) mass is 384 g/mol. The Balaban J connectivity index is 2.42. The fourth-order valence-electron chi connectivity index (χ4n) is 2.88. The first kappa shape index (κ1) is 19.9. The second-order valence-corrected chi connectivity index (χ2v) is 6.39. The van der Waals surface area contributed by atoms with Crippen molar-refractivity contribution in [2.75, 3.05) is 0 Å². The maximum absolute atomic E-state index is 12.8. The molecule has 138 valence electrons. The summed E-state index contributed by atoms with van der Waals surface area (Å²) in [6.07, 6.45) is -4.04. The number of halogens is 4. The Bertz CT molecular complexity index is 899. The topological polar surface area (TPSA) is 71.6 Å². The number of rotatable bonds is 4. The summed E-state index contributed by atoms with van der Waals surface area (Å²) in [6.45, 7) is 5.17. The number of ketones is 1. The molecule has 2 rings (SSSR count). The predicted molar refractivity (Wildman–Crippen MR) is 88.7 cm³/mol. The Hall–Kier alpha value is -2.40. The number of pyridine rings is 1. The van der Waals surface area contributed by atoms with E-state index < -0.39 is 29.4 Å². The Kier molecular flexibility index (Phi) is 5.42. The fraction of sp³-hybridized carbons (Fsp3) is 0.412. The van der Waals surface area contributed by atoms with Crippen molar-refractivity contribution in [2.24, 2.45) is 7.05 Å². The third kappa shape index (κ3) is 3.58. The average molecular weight is 385 g/mol. The highest BCUT2D eigenvalue weighted by Crippen LogP contribution is 2.35. The summed E-state index contributed by atoms with van der Waals surface area (Å²) in [4.78, 5) is 16.5. The van der Waals surface area contributed by atoms with Crippen molar-refractivity contribution in [3.05, 3.63) is 45.5 Å². The molecule has 0 bridgehead atoms. The minimum Gasteiger partial charge on any atom is -0.297 e. The Labute approximate surface area is 153 Å². The lowest BCUT2D eigenvalue weighted by molar-refractivity contribution is -0.137. The van der Waals surface area contributed by atoms with Crippen LogP contribution in [-0.2, 0) is 18.0 Å². The van der Waals surface area contributed by atoms with E-state index in [1.54, 1.807) is 32.5 Å². The number of hydrogen-bond donors (Lipinski definition) is 0. The van der Waals surface area contributed by atoms with Gasteiger partial charge in [0.15, 0.2) is 5.78 Å². The van der Waals surface area contributed by atoms with Gasteiger partial charge in [-0.2, -0.15) is 23.5 Å². The van der Waals surface area contributed by atoms with Gasteiger partial charge in [-0.05, 0) is 19.9 Å². The van der Waals surface area contributed by atoms with Crippen LogP contribution in [-0.4, -0.2) is 20.5 Å². The van der Waals surface area contributed by atoms with Crippen molar-refractivity contribution >= 4 is 17.4 Å². The number of alkyl halides is 3. The summed E-state index contributed by atoms with van der Waals surface area (Å²) >= 11 is 5.89. The molecule has 0 radical (unpaired) electrons. The van der Waals surface area contributed by atoms with Crippen LogP contribution in [0.1, 0.15) is 47.0 Å². The van der Waals surface area contributed by atoms with Gasteiger partial charge in [0.1, 0.15) is 5.92 Å². The smallest absolute Gasteiger partial charge is 0.297 e. The number of Topliss-reactive ketones (excluding diaryl/α,β-unsaturated/α-hetero) is 1. The first-order valence-corrected chi connectivity index (χ1v) is 8.02. The third-order valence-corrected chi connectivity index (χ3v) is 4.61. The normalized spacial score (nSPS) is 14.0. The van der Waals surface area contributed by atoms with E-state index >= 15 is 0 Å². The molecule has 0 spiro atoms. The van der Waals surface area contributed by atoms with E-state index in [-0.39, 0.29) is 10.7 Å². The zero-order chi connectivity index (χ0) is 19.8. The lowest BCUT2D eigenvalue weighted by Gasteiger charge is -2.17. The van der Waals surface area contributed by atoms with Crippen LogP contribution in [0, 0.1) is 25.2 Å². The molecule has 0 unspecified atom stereocenters. The summed E-state index contributed by atoms with van der Waals surface area (Å²) in [5.41, 5.74) is 0.877. The number of nitrogens with zero attached hydrogens (tertiary/aromatic N) is 4. The van der Waals surface area contributed by atoms with Gasteiger partial charge >= 0.3 is 6.18 Å². The van der Waals surface area contributed by atoms with Crippen LogP contribution in [0.15, 0.2) is 12.3 Å². The van der Waals surface area contributed by atoms with Crippen LogP contribution in [0.3, 0.4) is 0 Å². The van der Waals surface area contributed by atoms with Crippen LogP contribution in [0.2, 0.25) is 5.02 Å². The van der Waals surface area contributed by atoms with Crippen LogP contribution >= 0.6 is 11.6 Å². The summed E-state index contributed by atoms with van der Waals surface area (Å²) in [7, 11) is 1.74. The second kappa shape index (κ2) is 7.08. The average Bonchev–Trinajstić information content (AvgIpc) is 2.80. The Morgan fingerprint density at radius 3 is 2.42 bits per heavy atom. The maximum atomic E-state index is 12.8. The molecule has 2 aromatic rings. The van der Waals surface area contributed by atoms with E-state index in [2.05, 4.69) is 10.1 Å². The summed E-state index contributed by atoms with van der Waals surface area (Å²) in [5, 5.41) is 13.3. The number of hydrogen-bond acceptors (Lipinski definition) is 4. The molecule has 0 amide bonds. The summed E-state index contributed by atoms with van der Waals surface area (Å²) < 4.78 is 39.9. The molecule has 0 aliphatic carbocycles. The van der Waals surface area contributed by atoms with Crippen LogP contribution < -0.4 is 0 Å². The van der Waals surface area contributed by atoms with Gasteiger partial charge < -0.3 is 0 Å². The zero-order valence-electron chi connectivity index (χ0n) is 14.5. The van der Waals surface area contributed by atoms with Gasteiger partial charge in [-0.15, -0.1) is 0 Å². The number of carbonyl (C=O) groups is 1. The molecule has 0 fully saturated rings. The van der Waals surface area contributed by atoms with Crippen molar-refractivity contribution in [1.29, 1.82) is 5.26 Å². The first-order chi connectivity index (χ1) is 12.0. The fourth-order valence-corrected chi connectivity index (χ4v) is 3.16. The quantitative estimate of drug-likeness (QED) is 0.796. The van der Waals surface area contributed by atoms with E-state index in [9.17, 15) is 23.2 Å². The molecular weight excluding hydrogens is 369 g/mol. The molecule has 0 aliphatic rings. The van der Waals surface area contributed by atoms with E-state index in [1.165, 1.54) is 0 Å². The highest BCUT2D eigenvalue weighted by atomic mass is 35.5. The van der Waals surface area contributed by atoms with Crippen molar-refractivity contribution in [3.63, 3.8) is 0 Å². The summed E-state index contributed by atoms with van der Waals surface area (Å²) in [6, 6.07) is 2.48. The van der Waals surface area contributed by atoms with Crippen molar-refractivity contribution in [3.8, 4) is 6.07 Å². The van der Waals surface area contributed by atoms with E-state index in [1.807, 2.05) is 6.07 Å². The minimum atomic E-state index is -4.61. The lowest BCUT2D eigenvalue weighted by Crippen LogP contribution is -2.20. The molecule has 0 N–H and O–H groups in total. The van der Waals surface area contributed by atoms with Gasteiger partial charge in [0.05, 0.1) is 28.0 Å².